The smallest absolute Gasteiger partial charge is 0.319 e. The quantitative estimate of drug-likeness (QED) is 0.776. The number of aromatic hydroxyl groups is 1. The maximum absolute atomic E-state index is 12.1. The van der Waals surface area contributed by atoms with Crippen molar-refractivity contribution in [2.45, 2.75) is 39.7 Å². The van der Waals surface area contributed by atoms with E-state index in [4.69, 9.17) is 0 Å². The Balaban J connectivity index is 1.81. The van der Waals surface area contributed by atoms with Crippen molar-refractivity contribution in [3.05, 3.63) is 59.2 Å². The fraction of sp³-hybridized carbons (Fsp3) is 0.316. The molecule has 0 bridgehead atoms. The monoisotopic (exact) mass is 312 g/mol. The van der Waals surface area contributed by atoms with E-state index in [2.05, 4.69) is 10.6 Å². The highest BCUT2D eigenvalue weighted by Gasteiger charge is 2.09. The van der Waals surface area contributed by atoms with Crippen molar-refractivity contribution in [3.8, 4) is 5.75 Å². The normalized spacial score (nSPS) is 11.8. The number of rotatable bonds is 5. The van der Waals surface area contributed by atoms with Crippen molar-refractivity contribution in [1.29, 1.82) is 0 Å². The summed E-state index contributed by atoms with van der Waals surface area (Å²) in [4.78, 5) is 12.1. The van der Waals surface area contributed by atoms with Gasteiger partial charge < -0.3 is 15.7 Å². The second-order valence-electron chi connectivity index (χ2n) is 6.02. The molecule has 1 atom stereocenters. The highest BCUT2D eigenvalue weighted by Crippen LogP contribution is 2.16. The van der Waals surface area contributed by atoms with Gasteiger partial charge in [0.2, 0.25) is 0 Å². The molecule has 122 valence electrons. The fourth-order valence-corrected chi connectivity index (χ4v) is 2.45. The summed E-state index contributed by atoms with van der Waals surface area (Å²) in [7, 11) is 0. The largest absolute Gasteiger partial charge is 0.508 e. The molecule has 2 rings (SSSR count). The van der Waals surface area contributed by atoms with Crippen LogP contribution in [-0.4, -0.2) is 17.2 Å². The molecule has 0 aliphatic rings. The lowest BCUT2D eigenvalue weighted by Crippen LogP contribution is -2.36. The van der Waals surface area contributed by atoms with E-state index >= 15 is 0 Å². The molecule has 2 aromatic rings. The highest BCUT2D eigenvalue weighted by atomic mass is 16.3. The number of urea groups is 1. The molecule has 0 fully saturated rings. The summed E-state index contributed by atoms with van der Waals surface area (Å²) in [5.41, 5.74) is 4.21. The first kappa shape index (κ1) is 16.9. The average Bonchev–Trinajstić information content (AvgIpc) is 2.49. The lowest BCUT2D eigenvalue weighted by Gasteiger charge is -2.16. The van der Waals surface area contributed by atoms with Crippen LogP contribution < -0.4 is 10.6 Å². The molecule has 1 unspecified atom stereocenters. The SMILES string of the molecule is Cc1ccc(NC(=O)NC(C)CCc2ccc(O)cc2)c(C)c1. The van der Waals surface area contributed by atoms with E-state index in [1.54, 1.807) is 12.1 Å². The maximum Gasteiger partial charge on any atom is 0.319 e. The van der Waals surface area contributed by atoms with Gasteiger partial charge in [-0.1, -0.05) is 29.8 Å². The minimum atomic E-state index is -0.185. The molecule has 0 heterocycles. The van der Waals surface area contributed by atoms with Crippen LogP contribution >= 0.6 is 0 Å². The number of phenols is 1. The molecule has 2 aromatic carbocycles. The fourth-order valence-electron chi connectivity index (χ4n) is 2.45. The number of phenolic OH excluding ortho intramolecular Hbond substituents is 1. The van der Waals surface area contributed by atoms with Gasteiger partial charge in [-0.2, -0.15) is 0 Å². The third kappa shape index (κ3) is 5.33. The zero-order valence-corrected chi connectivity index (χ0v) is 13.9. The first-order valence-electron chi connectivity index (χ1n) is 7.86. The van der Waals surface area contributed by atoms with Crippen molar-refractivity contribution in [2.75, 3.05) is 5.32 Å². The number of benzene rings is 2. The van der Waals surface area contributed by atoms with Gasteiger partial charge >= 0.3 is 6.03 Å². The number of nitrogens with one attached hydrogen (secondary N) is 2. The zero-order chi connectivity index (χ0) is 16.8. The first-order valence-corrected chi connectivity index (χ1v) is 7.86. The van der Waals surface area contributed by atoms with Crippen LogP contribution in [0.5, 0.6) is 5.75 Å². The van der Waals surface area contributed by atoms with Gasteiger partial charge in [-0.15, -0.1) is 0 Å². The van der Waals surface area contributed by atoms with Crippen molar-refractivity contribution < 1.29 is 9.90 Å². The Kier molecular flexibility index (Phi) is 5.63. The summed E-state index contributed by atoms with van der Waals surface area (Å²) in [5, 5.41) is 15.1. The van der Waals surface area contributed by atoms with Crippen LogP contribution in [-0.2, 0) is 6.42 Å². The van der Waals surface area contributed by atoms with Gasteiger partial charge in [0, 0.05) is 11.7 Å². The second-order valence-corrected chi connectivity index (χ2v) is 6.02. The van der Waals surface area contributed by atoms with E-state index in [-0.39, 0.29) is 17.8 Å². The number of hydrogen-bond acceptors (Lipinski definition) is 2. The minimum Gasteiger partial charge on any atom is -0.508 e. The molecule has 4 nitrogen and oxygen atoms in total. The summed E-state index contributed by atoms with van der Waals surface area (Å²) >= 11 is 0. The van der Waals surface area contributed by atoms with Crippen LogP contribution in [0.1, 0.15) is 30.0 Å². The second kappa shape index (κ2) is 7.68. The molecule has 0 saturated carbocycles. The molecular formula is C19H24N2O2. The number of anilines is 1. The van der Waals surface area contributed by atoms with Gasteiger partial charge in [0.05, 0.1) is 0 Å². The molecule has 0 radical (unpaired) electrons. The van der Waals surface area contributed by atoms with E-state index in [0.717, 1.165) is 29.7 Å². The molecule has 3 N–H and O–H groups in total. The van der Waals surface area contributed by atoms with Crippen molar-refractivity contribution in [1.82, 2.24) is 5.32 Å². The van der Waals surface area contributed by atoms with Gasteiger partial charge in [0.15, 0.2) is 0 Å². The lowest BCUT2D eigenvalue weighted by atomic mass is 10.1. The van der Waals surface area contributed by atoms with Crippen LogP contribution in [0.25, 0.3) is 0 Å². The topological polar surface area (TPSA) is 61.4 Å². The van der Waals surface area contributed by atoms with Crippen LogP contribution in [0.3, 0.4) is 0 Å². The highest BCUT2D eigenvalue weighted by molar-refractivity contribution is 5.90. The molecule has 0 saturated heterocycles. The predicted octanol–water partition coefficient (Wildman–Crippen LogP) is 4.15. The van der Waals surface area contributed by atoms with E-state index in [0.29, 0.717) is 0 Å². The molecule has 0 aliphatic carbocycles. The number of hydrogen-bond donors (Lipinski definition) is 3. The lowest BCUT2D eigenvalue weighted by molar-refractivity contribution is 0.248. The molecule has 0 aliphatic heterocycles. The Morgan fingerprint density at radius 3 is 2.48 bits per heavy atom. The molecule has 0 aromatic heterocycles. The van der Waals surface area contributed by atoms with Crippen molar-refractivity contribution in [2.24, 2.45) is 0 Å². The Hall–Kier alpha value is -2.49. The third-order valence-corrected chi connectivity index (χ3v) is 3.81. The predicted molar refractivity (Wildman–Crippen MR) is 94.0 cm³/mol. The molecule has 23 heavy (non-hydrogen) atoms. The summed E-state index contributed by atoms with van der Waals surface area (Å²) in [6, 6.07) is 13.0. The van der Waals surface area contributed by atoms with Crippen molar-refractivity contribution >= 4 is 11.7 Å². The van der Waals surface area contributed by atoms with Crippen molar-refractivity contribution in [3.63, 3.8) is 0 Å². The van der Waals surface area contributed by atoms with Gasteiger partial charge in [0.1, 0.15) is 5.75 Å². The summed E-state index contributed by atoms with van der Waals surface area (Å²) in [6.45, 7) is 6.00. The Morgan fingerprint density at radius 2 is 1.83 bits per heavy atom. The number of carbonyl (C=O) groups excluding carboxylic acids is 1. The van der Waals surface area contributed by atoms with E-state index in [9.17, 15) is 9.90 Å². The van der Waals surface area contributed by atoms with E-state index in [1.807, 2.05) is 51.1 Å². The summed E-state index contributed by atoms with van der Waals surface area (Å²) in [6.07, 6.45) is 1.69. The number of carbonyl (C=O) groups is 1. The van der Waals surface area contributed by atoms with E-state index < -0.39 is 0 Å². The van der Waals surface area contributed by atoms with Gasteiger partial charge in [-0.3, -0.25) is 0 Å². The van der Waals surface area contributed by atoms with Gasteiger partial charge in [-0.05, 0) is 62.9 Å². The molecule has 2 amide bonds. The van der Waals surface area contributed by atoms with Crippen LogP contribution in [0.4, 0.5) is 10.5 Å². The Bertz CT molecular complexity index is 666. The van der Waals surface area contributed by atoms with Gasteiger partial charge in [-0.25, -0.2) is 4.79 Å². The standard InChI is InChI=1S/C19H24N2O2/c1-13-4-11-18(14(2)12-13)21-19(23)20-15(3)5-6-16-7-9-17(22)10-8-16/h4,7-12,15,22H,5-6H2,1-3H3,(H2,20,21,23). The maximum atomic E-state index is 12.1. The molecule has 4 heteroatoms. The average molecular weight is 312 g/mol. The zero-order valence-electron chi connectivity index (χ0n) is 13.9. The minimum absolute atomic E-state index is 0.0644. The summed E-state index contributed by atoms with van der Waals surface area (Å²) in [5.74, 6) is 0.271. The van der Waals surface area contributed by atoms with Crippen LogP contribution in [0.2, 0.25) is 0 Å². The Morgan fingerprint density at radius 1 is 1.13 bits per heavy atom. The van der Waals surface area contributed by atoms with Gasteiger partial charge in [0.25, 0.3) is 0 Å². The molecule has 0 spiro atoms. The van der Waals surface area contributed by atoms with Crippen LogP contribution in [0.15, 0.2) is 42.5 Å². The van der Waals surface area contributed by atoms with Crippen LogP contribution in [0, 0.1) is 13.8 Å². The first-order chi connectivity index (χ1) is 10.9. The third-order valence-electron chi connectivity index (χ3n) is 3.81. The Labute approximate surface area is 137 Å². The summed E-state index contributed by atoms with van der Waals surface area (Å²) < 4.78 is 0. The number of amides is 2. The number of aryl methyl sites for hydroxylation is 3. The molecular weight excluding hydrogens is 288 g/mol. The van der Waals surface area contributed by atoms with E-state index in [1.165, 1.54) is 5.56 Å².